The fourth-order valence-electron chi connectivity index (χ4n) is 2.84. The van der Waals surface area contributed by atoms with E-state index < -0.39 is 0 Å². The number of carbonyl (C=O) groups excluding carboxylic acids is 1. The number of fused-ring (bicyclic) bond motifs is 1. The van der Waals surface area contributed by atoms with Crippen molar-refractivity contribution in [3.05, 3.63) is 51.0 Å². The number of carbonyl (C=O) groups is 1. The van der Waals surface area contributed by atoms with Gasteiger partial charge in [0, 0.05) is 0 Å². The highest BCUT2D eigenvalue weighted by molar-refractivity contribution is 6.41. The largest absolute Gasteiger partial charge is 0.493 e. The summed E-state index contributed by atoms with van der Waals surface area (Å²) in [6.07, 6.45) is 1.71. The summed E-state index contributed by atoms with van der Waals surface area (Å²) in [4.78, 5) is 13.2. The molecule has 0 radical (unpaired) electrons. The second kappa shape index (κ2) is 7.54. The molecule has 2 aromatic rings. The Labute approximate surface area is 156 Å². The molecule has 6 heteroatoms. The minimum atomic E-state index is -0.295. The number of rotatable bonds is 3. The molecule has 0 unspecified atom stereocenters. The summed E-state index contributed by atoms with van der Waals surface area (Å²) in [5.41, 5.74) is 1.36. The Morgan fingerprint density at radius 2 is 1.64 bits per heavy atom. The van der Waals surface area contributed by atoms with E-state index in [1.54, 1.807) is 31.4 Å². The van der Waals surface area contributed by atoms with Gasteiger partial charge in [-0.3, -0.25) is 4.79 Å². The highest BCUT2D eigenvalue weighted by Gasteiger charge is 2.28. The molecule has 0 N–H and O–H groups in total. The lowest BCUT2D eigenvalue weighted by Crippen LogP contribution is -2.15. The Hall–Kier alpha value is -1.91. The smallest absolute Gasteiger partial charge is 0.204 e. The van der Waals surface area contributed by atoms with E-state index >= 15 is 0 Å². The minimum absolute atomic E-state index is 0.256. The summed E-state index contributed by atoms with van der Waals surface area (Å²) in [5, 5.41) is 0.599. The normalized spacial score (nSPS) is 13.8. The van der Waals surface area contributed by atoms with Crippen molar-refractivity contribution < 1.29 is 19.0 Å². The summed E-state index contributed by atoms with van der Waals surface area (Å²) in [7, 11) is 1.56. The SMILES string of the molecule is COc1cc(C)c(C(=O)c2c(Cl)cccc2Cl)c2c1OCCCCO2. The number of methoxy groups -OCH3 is 1. The van der Waals surface area contributed by atoms with Crippen LogP contribution in [0, 0.1) is 6.92 Å². The first kappa shape index (κ1) is 17.9. The third-order valence-corrected chi connectivity index (χ3v) is 4.70. The van der Waals surface area contributed by atoms with Crippen LogP contribution in [0.15, 0.2) is 24.3 Å². The molecule has 0 fully saturated rings. The van der Waals surface area contributed by atoms with Crippen LogP contribution in [0.3, 0.4) is 0 Å². The molecule has 1 aliphatic heterocycles. The fourth-order valence-corrected chi connectivity index (χ4v) is 3.41. The molecule has 0 atom stereocenters. The van der Waals surface area contributed by atoms with Crippen LogP contribution in [0.1, 0.15) is 34.3 Å². The van der Waals surface area contributed by atoms with Crippen molar-refractivity contribution in [2.24, 2.45) is 0 Å². The average Bonchev–Trinajstić information content (AvgIpc) is 2.55. The van der Waals surface area contributed by atoms with Gasteiger partial charge in [0.1, 0.15) is 0 Å². The van der Waals surface area contributed by atoms with Crippen LogP contribution in [0.5, 0.6) is 17.2 Å². The Morgan fingerprint density at radius 1 is 1.04 bits per heavy atom. The number of hydrogen-bond donors (Lipinski definition) is 0. The van der Waals surface area contributed by atoms with E-state index in [2.05, 4.69) is 0 Å². The van der Waals surface area contributed by atoms with Crippen molar-refractivity contribution in [2.75, 3.05) is 20.3 Å². The molecule has 2 aromatic carbocycles. The Balaban J connectivity index is 2.21. The summed E-state index contributed by atoms with van der Waals surface area (Å²) in [6, 6.07) is 6.75. The lowest BCUT2D eigenvalue weighted by molar-refractivity contribution is 0.103. The van der Waals surface area contributed by atoms with Crippen LogP contribution in [-0.2, 0) is 0 Å². The molecule has 0 bridgehead atoms. The van der Waals surface area contributed by atoms with Crippen molar-refractivity contribution in [1.82, 2.24) is 0 Å². The van der Waals surface area contributed by atoms with Crippen molar-refractivity contribution in [1.29, 1.82) is 0 Å². The van der Waals surface area contributed by atoms with Crippen molar-refractivity contribution in [3.8, 4) is 17.2 Å². The van der Waals surface area contributed by atoms with Gasteiger partial charge in [-0.15, -0.1) is 0 Å². The van der Waals surface area contributed by atoms with Crippen LogP contribution >= 0.6 is 23.2 Å². The zero-order chi connectivity index (χ0) is 18.0. The molecule has 0 spiro atoms. The number of benzene rings is 2. The molecule has 0 aromatic heterocycles. The molecule has 132 valence electrons. The van der Waals surface area contributed by atoms with E-state index in [4.69, 9.17) is 37.4 Å². The summed E-state index contributed by atoms with van der Waals surface area (Å²) in [5.74, 6) is 1.07. The molecule has 0 amide bonds. The Bertz CT molecular complexity index is 797. The van der Waals surface area contributed by atoms with Crippen LogP contribution < -0.4 is 14.2 Å². The van der Waals surface area contributed by atoms with Crippen molar-refractivity contribution in [3.63, 3.8) is 0 Å². The molecule has 0 aliphatic carbocycles. The van der Waals surface area contributed by atoms with Crippen LogP contribution in [-0.4, -0.2) is 26.1 Å². The molecule has 1 heterocycles. The zero-order valence-electron chi connectivity index (χ0n) is 14.0. The van der Waals surface area contributed by atoms with E-state index in [1.165, 1.54) is 0 Å². The quantitative estimate of drug-likeness (QED) is 0.695. The highest BCUT2D eigenvalue weighted by Crippen LogP contribution is 2.44. The maximum Gasteiger partial charge on any atom is 0.204 e. The molecule has 4 nitrogen and oxygen atoms in total. The fraction of sp³-hybridized carbons (Fsp3) is 0.316. The number of aryl methyl sites for hydroxylation is 1. The highest BCUT2D eigenvalue weighted by atomic mass is 35.5. The van der Waals surface area contributed by atoms with Gasteiger partial charge >= 0.3 is 0 Å². The average molecular weight is 381 g/mol. The molecule has 0 saturated heterocycles. The van der Waals surface area contributed by atoms with E-state index in [0.717, 1.165) is 12.8 Å². The van der Waals surface area contributed by atoms with Crippen molar-refractivity contribution >= 4 is 29.0 Å². The molecule has 25 heavy (non-hydrogen) atoms. The lowest BCUT2D eigenvalue weighted by atomic mass is 9.96. The van der Waals surface area contributed by atoms with Crippen molar-refractivity contribution in [2.45, 2.75) is 19.8 Å². The van der Waals surface area contributed by atoms with Gasteiger partial charge in [-0.2, -0.15) is 0 Å². The molecule has 3 rings (SSSR count). The monoisotopic (exact) mass is 380 g/mol. The standard InChI is InChI=1S/C19H18Cl2O4/c1-11-10-14(23-2)18-19(25-9-4-3-8-24-18)15(11)17(22)16-12(20)6-5-7-13(16)21/h5-7,10H,3-4,8-9H2,1-2H3. The maximum atomic E-state index is 13.2. The molecular formula is C19H18Cl2O4. The van der Waals surface area contributed by atoms with Gasteiger partial charge in [0.25, 0.3) is 0 Å². The van der Waals surface area contributed by atoms with Gasteiger partial charge in [-0.1, -0.05) is 29.3 Å². The van der Waals surface area contributed by atoms with Gasteiger partial charge in [0.2, 0.25) is 5.75 Å². The molecule has 0 saturated carbocycles. The first-order chi connectivity index (χ1) is 12.0. The van der Waals surface area contributed by atoms with Gasteiger partial charge in [0.15, 0.2) is 17.3 Å². The number of hydrogen-bond acceptors (Lipinski definition) is 4. The van der Waals surface area contributed by atoms with Crippen LogP contribution in [0.2, 0.25) is 10.0 Å². The topological polar surface area (TPSA) is 44.8 Å². The van der Waals surface area contributed by atoms with E-state index in [0.29, 0.717) is 51.6 Å². The number of ether oxygens (including phenoxy) is 3. The van der Waals surface area contributed by atoms with Gasteiger partial charge in [-0.05, 0) is 43.5 Å². The first-order valence-electron chi connectivity index (χ1n) is 8.00. The van der Waals surface area contributed by atoms with Crippen LogP contribution in [0.25, 0.3) is 0 Å². The third kappa shape index (κ3) is 3.42. The number of ketones is 1. The lowest BCUT2D eigenvalue weighted by Gasteiger charge is -2.22. The Morgan fingerprint density at radius 3 is 2.24 bits per heavy atom. The second-order valence-corrected chi connectivity index (χ2v) is 6.57. The summed E-state index contributed by atoms with van der Waals surface area (Å²) >= 11 is 12.4. The van der Waals surface area contributed by atoms with Crippen LogP contribution in [0.4, 0.5) is 0 Å². The molecular weight excluding hydrogens is 363 g/mol. The Kier molecular flexibility index (Phi) is 5.40. The maximum absolute atomic E-state index is 13.2. The van der Waals surface area contributed by atoms with Gasteiger partial charge in [-0.25, -0.2) is 0 Å². The predicted octanol–water partition coefficient (Wildman–Crippen LogP) is 5.09. The van der Waals surface area contributed by atoms with Gasteiger partial charge in [0.05, 0.1) is 41.5 Å². The van der Waals surface area contributed by atoms with Gasteiger partial charge < -0.3 is 14.2 Å². The zero-order valence-corrected chi connectivity index (χ0v) is 15.5. The molecule has 1 aliphatic rings. The summed E-state index contributed by atoms with van der Waals surface area (Å²) < 4.78 is 17.1. The van der Waals surface area contributed by atoms with E-state index in [-0.39, 0.29) is 11.3 Å². The number of halogens is 2. The van der Waals surface area contributed by atoms with E-state index in [9.17, 15) is 4.79 Å². The third-order valence-electron chi connectivity index (χ3n) is 4.07. The first-order valence-corrected chi connectivity index (χ1v) is 8.76. The van der Waals surface area contributed by atoms with E-state index in [1.807, 2.05) is 6.92 Å². The second-order valence-electron chi connectivity index (χ2n) is 5.76. The minimum Gasteiger partial charge on any atom is -0.493 e. The predicted molar refractivity (Wildman–Crippen MR) is 97.8 cm³/mol. The summed E-state index contributed by atoms with van der Waals surface area (Å²) in [6.45, 7) is 2.86.